The maximum absolute atomic E-state index is 12.0. The fourth-order valence-electron chi connectivity index (χ4n) is 3.21. The van der Waals surface area contributed by atoms with Crippen molar-refractivity contribution in [3.63, 3.8) is 0 Å². The molecule has 1 amide bonds. The Bertz CT molecular complexity index is 739. The number of piperazine rings is 1. The molecule has 0 aliphatic carbocycles. The van der Waals surface area contributed by atoms with E-state index in [-0.39, 0.29) is 5.91 Å². The van der Waals surface area contributed by atoms with Crippen molar-refractivity contribution in [1.82, 2.24) is 20.1 Å². The van der Waals surface area contributed by atoms with Gasteiger partial charge in [0.25, 0.3) is 0 Å². The second kappa shape index (κ2) is 10.7. The van der Waals surface area contributed by atoms with Gasteiger partial charge in [0.2, 0.25) is 5.91 Å². The zero-order valence-corrected chi connectivity index (χ0v) is 17.6. The van der Waals surface area contributed by atoms with Gasteiger partial charge in [-0.15, -0.1) is 11.3 Å². The second-order valence-corrected chi connectivity index (χ2v) is 8.15. The molecule has 1 N–H and O–H groups in total. The van der Waals surface area contributed by atoms with Crippen LogP contribution in [0.2, 0.25) is 0 Å². The summed E-state index contributed by atoms with van der Waals surface area (Å²) in [5, 5.41) is 5.84. The number of rotatable bonds is 9. The normalized spacial score (nSPS) is 15.6. The van der Waals surface area contributed by atoms with Gasteiger partial charge in [0, 0.05) is 63.9 Å². The maximum Gasteiger partial charge on any atom is 0.226 e. The van der Waals surface area contributed by atoms with Gasteiger partial charge < -0.3 is 15.0 Å². The number of thiazole rings is 1. The van der Waals surface area contributed by atoms with Crippen LogP contribution in [0.15, 0.2) is 29.6 Å². The van der Waals surface area contributed by atoms with E-state index in [4.69, 9.17) is 4.74 Å². The molecule has 0 spiro atoms. The van der Waals surface area contributed by atoms with E-state index in [0.29, 0.717) is 19.6 Å². The first-order valence-corrected chi connectivity index (χ1v) is 10.7. The third-order valence-electron chi connectivity index (χ3n) is 4.94. The molecule has 2 aromatic rings. The first-order chi connectivity index (χ1) is 13.6. The topological polar surface area (TPSA) is 57.7 Å². The Kier molecular flexibility index (Phi) is 7.97. The van der Waals surface area contributed by atoms with Gasteiger partial charge in [-0.1, -0.05) is 24.3 Å². The summed E-state index contributed by atoms with van der Waals surface area (Å²) in [6, 6.07) is 8.66. The third-order valence-corrected chi connectivity index (χ3v) is 5.88. The molecule has 0 bridgehead atoms. The number of amides is 1. The van der Waals surface area contributed by atoms with E-state index in [1.807, 2.05) is 5.38 Å². The summed E-state index contributed by atoms with van der Waals surface area (Å²) in [4.78, 5) is 21.5. The zero-order chi connectivity index (χ0) is 19.8. The van der Waals surface area contributed by atoms with E-state index in [9.17, 15) is 4.79 Å². The highest BCUT2D eigenvalue weighted by Crippen LogP contribution is 2.24. The van der Waals surface area contributed by atoms with Crippen molar-refractivity contribution in [3.8, 4) is 10.6 Å². The molecule has 6 nitrogen and oxygen atoms in total. The largest absolute Gasteiger partial charge is 0.385 e. The molecule has 3 rings (SSSR count). The summed E-state index contributed by atoms with van der Waals surface area (Å²) >= 11 is 1.59. The van der Waals surface area contributed by atoms with Crippen LogP contribution in [0.4, 0.5) is 0 Å². The smallest absolute Gasteiger partial charge is 0.226 e. The van der Waals surface area contributed by atoms with E-state index in [1.54, 1.807) is 18.4 Å². The molecular formula is C21H30N4O2S. The Balaban J connectivity index is 1.49. The van der Waals surface area contributed by atoms with Crippen LogP contribution in [0.3, 0.4) is 0 Å². The summed E-state index contributed by atoms with van der Waals surface area (Å²) < 4.78 is 4.98. The van der Waals surface area contributed by atoms with E-state index >= 15 is 0 Å². The van der Waals surface area contributed by atoms with Gasteiger partial charge in [0.15, 0.2) is 0 Å². The molecule has 7 heteroatoms. The minimum absolute atomic E-state index is 0.00970. The van der Waals surface area contributed by atoms with Gasteiger partial charge in [-0.25, -0.2) is 4.98 Å². The van der Waals surface area contributed by atoms with Crippen LogP contribution in [0.1, 0.15) is 17.7 Å². The number of nitrogens with zero attached hydrogens (tertiary/aromatic N) is 3. The number of methoxy groups -OCH3 is 1. The summed E-state index contributed by atoms with van der Waals surface area (Å²) in [6.45, 7) is 6.83. The first kappa shape index (κ1) is 20.9. The van der Waals surface area contributed by atoms with E-state index in [2.05, 4.69) is 51.4 Å². The lowest BCUT2D eigenvalue weighted by molar-refractivity contribution is -0.120. The predicted molar refractivity (Wildman–Crippen MR) is 114 cm³/mol. The summed E-state index contributed by atoms with van der Waals surface area (Å²) in [6.07, 6.45) is 1.15. The number of ether oxygens (including phenoxy) is 1. The highest BCUT2D eigenvalue weighted by molar-refractivity contribution is 7.13. The van der Waals surface area contributed by atoms with Crippen LogP contribution in [-0.4, -0.2) is 74.2 Å². The van der Waals surface area contributed by atoms with Gasteiger partial charge in [0.1, 0.15) is 5.01 Å². The molecule has 0 atom stereocenters. The number of aromatic nitrogens is 1. The molecule has 1 aromatic carbocycles. The Hall–Kier alpha value is -1.80. The van der Waals surface area contributed by atoms with Crippen molar-refractivity contribution in [1.29, 1.82) is 0 Å². The molecule has 1 aromatic heterocycles. The van der Waals surface area contributed by atoms with E-state index in [0.717, 1.165) is 55.4 Å². The fourth-order valence-corrected chi connectivity index (χ4v) is 4.03. The van der Waals surface area contributed by atoms with Gasteiger partial charge in [0.05, 0.1) is 12.1 Å². The molecule has 2 heterocycles. The maximum atomic E-state index is 12.0. The van der Waals surface area contributed by atoms with Gasteiger partial charge >= 0.3 is 0 Å². The number of carbonyl (C=O) groups excluding carboxylic acids is 1. The van der Waals surface area contributed by atoms with Crippen molar-refractivity contribution >= 4 is 17.2 Å². The number of likely N-dealkylation sites (N-methyl/N-ethyl adjacent to an activating group) is 1. The molecular weight excluding hydrogens is 372 g/mol. The average Bonchev–Trinajstić information content (AvgIpc) is 3.16. The first-order valence-electron chi connectivity index (χ1n) is 9.84. The van der Waals surface area contributed by atoms with Crippen molar-refractivity contribution < 1.29 is 9.53 Å². The van der Waals surface area contributed by atoms with E-state index < -0.39 is 0 Å². The summed E-state index contributed by atoms with van der Waals surface area (Å²) in [5.74, 6) is 0.00970. The lowest BCUT2D eigenvalue weighted by atomic mass is 10.1. The highest BCUT2D eigenvalue weighted by atomic mass is 32.1. The Morgan fingerprint density at radius 3 is 2.68 bits per heavy atom. The number of hydrogen-bond donors (Lipinski definition) is 1. The van der Waals surface area contributed by atoms with Crippen LogP contribution in [0.25, 0.3) is 10.6 Å². The molecule has 1 aliphatic heterocycles. The Morgan fingerprint density at radius 1 is 1.21 bits per heavy atom. The number of carbonyl (C=O) groups is 1. The lowest BCUT2D eigenvalue weighted by Gasteiger charge is -2.32. The monoisotopic (exact) mass is 402 g/mol. The summed E-state index contributed by atoms with van der Waals surface area (Å²) in [5.41, 5.74) is 3.27. The lowest BCUT2D eigenvalue weighted by Crippen LogP contribution is -2.43. The van der Waals surface area contributed by atoms with Crippen molar-refractivity contribution in [2.75, 3.05) is 53.5 Å². The van der Waals surface area contributed by atoms with E-state index in [1.165, 1.54) is 5.56 Å². The van der Waals surface area contributed by atoms with Gasteiger partial charge in [-0.05, 0) is 19.0 Å². The number of hydrogen-bond acceptors (Lipinski definition) is 6. The van der Waals surface area contributed by atoms with Crippen LogP contribution >= 0.6 is 11.3 Å². The van der Waals surface area contributed by atoms with Crippen LogP contribution < -0.4 is 5.32 Å². The number of benzene rings is 1. The molecule has 1 aliphatic rings. The predicted octanol–water partition coefficient (Wildman–Crippen LogP) is 2.25. The molecule has 0 radical (unpaired) electrons. The molecule has 1 saturated heterocycles. The number of nitrogens with one attached hydrogen (secondary N) is 1. The molecule has 152 valence electrons. The molecule has 0 saturated carbocycles. The molecule has 28 heavy (non-hydrogen) atoms. The summed E-state index contributed by atoms with van der Waals surface area (Å²) in [7, 11) is 3.84. The Morgan fingerprint density at radius 2 is 1.96 bits per heavy atom. The molecule has 0 unspecified atom stereocenters. The minimum atomic E-state index is 0.00970. The van der Waals surface area contributed by atoms with Crippen molar-refractivity contribution in [2.24, 2.45) is 0 Å². The zero-order valence-electron chi connectivity index (χ0n) is 16.8. The fraction of sp³-hybridized carbons (Fsp3) is 0.524. The van der Waals surface area contributed by atoms with Crippen LogP contribution in [0, 0.1) is 0 Å². The van der Waals surface area contributed by atoms with Gasteiger partial charge in [-0.2, -0.15) is 0 Å². The van der Waals surface area contributed by atoms with Crippen molar-refractivity contribution in [2.45, 2.75) is 19.4 Å². The third kappa shape index (κ3) is 6.38. The Labute approximate surface area is 171 Å². The van der Waals surface area contributed by atoms with Gasteiger partial charge in [-0.3, -0.25) is 9.69 Å². The van der Waals surface area contributed by atoms with Crippen LogP contribution in [-0.2, 0) is 22.5 Å². The minimum Gasteiger partial charge on any atom is -0.385 e. The van der Waals surface area contributed by atoms with Crippen molar-refractivity contribution in [3.05, 3.63) is 40.9 Å². The standard InChI is InChI=1S/C21H30N4O2S/c1-24-9-11-25(12-10-24)15-17-4-6-18(7-5-17)21-23-19(16-28-21)14-20(26)22-8-3-13-27-2/h4-7,16H,3,8-15H2,1-2H3,(H,22,26). The molecule has 1 fully saturated rings. The average molecular weight is 403 g/mol. The quantitative estimate of drug-likeness (QED) is 0.652. The second-order valence-electron chi connectivity index (χ2n) is 7.29. The van der Waals surface area contributed by atoms with Crippen LogP contribution in [0.5, 0.6) is 0 Å². The highest BCUT2D eigenvalue weighted by Gasteiger charge is 2.14. The SMILES string of the molecule is COCCCNC(=O)Cc1csc(-c2ccc(CN3CCN(C)CC3)cc2)n1.